The average Bonchev–Trinajstić information content (AvgIpc) is 2.77. The average molecular weight is 437 g/mol. The molecule has 2 N–H and O–H groups in total. The summed E-state index contributed by atoms with van der Waals surface area (Å²) in [5, 5.41) is 6.03. The number of carbonyl (C=O) groups is 2. The fraction of sp³-hybridized carbons (Fsp3) is 0.462. The van der Waals surface area contributed by atoms with E-state index >= 15 is 0 Å². The molecule has 172 valence electrons. The number of para-hydroxylation sites is 1. The second-order valence-electron chi connectivity index (χ2n) is 9.11. The molecule has 2 aromatic rings. The van der Waals surface area contributed by atoms with Crippen LogP contribution in [-0.4, -0.2) is 56.0 Å². The van der Waals surface area contributed by atoms with Gasteiger partial charge in [-0.25, -0.2) is 0 Å². The molecule has 32 heavy (non-hydrogen) atoms. The predicted octanol–water partition coefficient (Wildman–Crippen LogP) is 3.21. The molecular weight excluding hydrogens is 400 g/mol. The van der Waals surface area contributed by atoms with E-state index in [-0.39, 0.29) is 17.7 Å². The Morgan fingerprint density at radius 1 is 0.969 bits per heavy atom. The maximum atomic E-state index is 13.1. The Kier molecular flexibility index (Phi) is 8.28. The Morgan fingerprint density at radius 3 is 2.31 bits per heavy atom. The van der Waals surface area contributed by atoms with Crippen LogP contribution < -0.4 is 15.5 Å². The second kappa shape index (κ2) is 11.1. The van der Waals surface area contributed by atoms with Crippen LogP contribution >= 0.6 is 0 Å². The van der Waals surface area contributed by atoms with E-state index in [1.807, 2.05) is 37.3 Å². The molecule has 1 atom stereocenters. The number of aryl methyl sites for hydroxylation is 1. The van der Waals surface area contributed by atoms with Crippen molar-refractivity contribution >= 4 is 17.5 Å². The smallest absolute Gasteiger partial charge is 0.252 e. The van der Waals surface area contributed by atoms with Crippen LogP contribution in [0.25, 0.3) is 0 Å². The Balaban J connectivity index is 1.67. The van der Waals surface area contributed by atoms with Gasteiger partial charge in [-0.1, -0.05) is 50.2 Å². The third-order valence-electron chi connectivity index (χ3n) is 6.01. The van der Waals surface area contributed by atoms with Crippen molar-refractivity contribution in [2.24, 2.45) is 5.92 Å². The van der Waals surface area contributed by atoms with Crippen LogP contribution in [0.3, 0.4) is 0 Å². The molecular formula is C26H36N4O2. The van der Waals surface area contributed by atoms with Crippen LogP contribution in [0.1, 0.15) is 41.8 Å². The number of likely N-dealkylation sites (N-methyl/N-ethyl adjacent to an activating group) is 1. The Labute approximate surface area is 192 Å². The fourth-order valence-corrected chi connectivity index (χ4v) is 4.09. The number of anilines is 1. The lowest BCUT2D eigenvalue weighted by atomic mass is 10.0. The quantitative estimate of drug-likeness (QED) is 0.667. The molecule has 0 aromatic heterocycles. The number of hydrogen-bond donors (Lipinski definition) is 2. The Morgan fingerprint density at radius 2 is 1.62 bits per heavy atom. The maximum absolute atomic E-state index is 13.1. The van der Waals surface area contributed by atoms with Crippen molar-refractivity contribution in [3.8, 4) is 0 Å². The summed E-state index contributed by atoms with van der Waals surface area (Å²) in [6.45, 7) is 10.5. The predicted molar refractivity (Wildman–Crippen MR) is 130 cm³/mol. The van der Waals surface area contributed by atoms with Gasteiger partial charge in [0.15, 0.2) is 0 Å². The summed E-state index contributed by atoms with van der Waals surface area (Å²) in [7, 11) is 2.14. The molecule has 3 rings (SSSR count). The summed E-state index contributed by atoms with van der Waals surface area (Å²) in [5.74, 6) is -0.0731. The number of amides is 2. The van der Waals surface area contributed by atoms with Crippen molar-refractivity contribution in [3.63, 3.8) is 0 Å². The van der Waals surface area contributed by atoms with Gasteiger partial charge in [-0.05, 0) is 49.6 Å². The normalized spacial score (nSPS) is 15.5. The van der Waals surface area contributed by atoms with Crippen molar-refractivity contribution < 1.29 is 9.59 Å². The standard InChI is InChI=1S/C26H36N4O2/c1-19(2)17-23(28-25(31)22-11-7-5-9-20(22)3)26(32)27-18-21-10-6-8-12-24(21)30-15-13-29(4)14-16-30/h5-12,19,23H,13-18H2,1-4H3,(H,27,32)(H,28,31). The van der Waals surface area contributed by atoms with Crippen LogP contribution in [0.15, 0.2) is 48.5 Å². The van der Waals surface area contributed by atoms with Gasteiger partial charge in [-0.2, -0.15) is 0 Å². The Bertz CT molecular complexity index is 920. The van der Waals surface area contributed by atoms with Gasteiger partial charge in [0.25, 0.3) is 5.91 Å². The number of hydrogen-bond acceptors (Lipinski definition) is 4. The van der Waals surface area contributed by atoms with Crippen LogP contribution in [0.2, 0.25) is 0 Å². The molecule has 1 aliphatic rings. The first-order valence-electron chi connectivity index (χ1n) is 11.5. The van der Waals surface area contributed by atoms with E-state index in [0.717, 1.165) is 37.3 Å². The van der Waals surface area contributed by atoms with E-state index in [0.29, 0.717) is 18.5 Å². The van der Waals surface area contributed by atoms with Gasteiger partial charge in [0.2, 0.25) is 5.91 Å². The van der Waals surface area contributed by atoms with Crippen molar-refractivity contribution in [1.29, 1.82) is 0 Å². The summed E-state index contributed by atoms with van der Waals surface area (Å²) in [4.78, 5) is 30.6. The molecule has 1 saturated heterocycles. The summed E-state index contributed by atoms with van der Waals surface area (Å²) >= 11 is 0. The van der Waals surface area contributed by atoms with Crippen molar-refractivity contribution in [3.05, 3.63) is 65.2 Å². The molecule has 1 unspecified atom stereocenters. The van der Waals surface area contributed by atoms with E-state index in [1.54, 1.807) is 6.07 Å². The molecule has 0 spiro atoms. The minimum absolute atomic E-state index is 0.145. The molecule has 1 fully saturated rings. The summed E-state index contributed by atoms with van der Waals surface area (Å²) in [5.41, 5.74) is 3.77. The largest absolute Gasteiger partial charge is 0.369 e. The molecule has 6 heteroatoms. The fourth-order valence-electron chi connectivity index (χ4n) is 4.09. The van der Waals surface area contributed by atoms with E-state index < -0.39 is 6.04 Å². The number of nitrogens with one attached hydrogen (secondary N) is 2. The van der Waals surface area contributed by atoms with Crippen LogP contribution in [-0.2, 0) is 11.3 Å². The maximum Gasteiger partial charge on any atom is 0.252 e. The number of carbonyl (C=O) groups excluding carboxylic acids is 2. The number of rotatable bonds is 8. The van der Waals surface area contributed by atoms with E-state index in [2.05, 4.69) is 53.5 Å². The molecule has 1 aliphatic heterocycles. The first kappa shape index (κ1) is 23.8. The van der Waals surface area contributed by atoms with E-state index in [9.17, 15) is 9.59 Å². The monoisotopic (exact) mass is 436 g/mol. The van der Waals surface area contributed by atoms with Crippen molar-refractivity contribution in [2.45, 2.75) is 39.8 Å². The SMILES string of the molecule is Cc1ccccc1C(=O)NC(CC(C)C)C(=O)NCc1ccccc1N1CCN(C)CC1. The van der Waals surface area contributed by atoms with E-state index in [1.165, 1.54) is 5.69 Å². The number of nitrogens with zero attached hydrogens (tertiary/aromatic N) is 2. The molecule has 0 saturated carbocycles. The highest BCUT2D eigenvalue weighted by molar-refractivity contribution is 5.98. The highest BCUT2D eigenvalue weighted by Gasteiger charge is 2.24. The van der Waals surface area contributed by atoms with Crippen molar-refractivity contribution in [1.82, 2.24) is 15.5 Å². The zero-order valence-electron chi connectivity index (χ0n) is 19.7. The molecule has 0 aliphatic carbocycles. The van der Waals surface area contributed by atoms with Crippen LogP contribution in [0.4, 0.5) is 5.69 Å². The zero-order valence-corrected chi connectivity index (χ0v) is 19.7. The molecule has 0 radical (unpaired) electrons. The lowest BCUT2D eigenvalue weighted by Crippen LogP contribution is -2.47. The summed E-state index contributed by atoms with van der Waals surface area (Å²) < 4.78 is 0. The van der Waals surface area contributed by atoms with Gasteiger partial charge in [-0.3, -0.25) is 9.59 Å². The molecule has 2 aromatic carbocycles. The van der Waals surface area contributed by atoms with Crippen molar-refractivity contribution in [2.75, 3.05) is 38.1 Å². The van der Waals surface area contributed by atoms with Gasteiger partial charge in [0.05, 0.1) is 0 Å². The summed E-state index contributed by atoms with van der Waals surface area (Å²) in [6, 6.07) is 15.1. The first-order chi connectivity index (χ1) is 15.3. The van der Waals surface area contributed by atoms with Crippen LogP contribution in [0.5, 0.6) is 0 Å². The second-order valence-corrected chi connectivity index (χ2v) is 9.11. The highest BCUT2D eigenvalue weighted by Crippen LogP contribution is 2.22. The first-order valence-corrected chi connectivity index (χ1v) is 11.5. The third-order valence-corrected chi connectivity index (χ3v) is 6.01. The number of benzene rings is 2. The Hall–Kier alpha value is -2.86. The molecule has 6 nitrogen and oxygen atoms in total. The number of piperazine rings is 1. The lowest BCUT2D eigenvalue weighted by molar-refractivity contribution is -0.123. The van der Waals surface area contributed by atoms with Gasteiger partial charge in [0.1, 0.15) is 6.04 Å². The minimum atomic E-state index is -0.571. The molecule has 0 bridgehead atoms. The van der Waals surface area contributed by atoms with E-state index in [4.69, 9.17) is 0 Å². The van der Waals surface area contributed by atoms with Gasteiger partial charge in [0, 0.05) is 44.0 Å². The highest BCUT2D eigenvalue weighted by atomic mass is 16.2. The zero-order chi connectivity index (χ0) is 23.1. The summed E-state index contributed by atoms with van der Waals surface area (Å²) in [6.07, 6.45) is 0.587. The van der Waals surface area contributed by atoms with Gasteiger partial charge >= 0.3 is 0 Å². The van der Waals surface area contributed by atoms with Crippen LogP contribution in [0, 0.1) is 12.8 Å². The van der Waals surface area contributed by atoms with Gasteiger partial charge < -0.3 is 20.4 Å². The van der Waals surface area contributed by atoms with Gasteiger partial charge in [-0.15, -0.1) is 0 Å². The lowest BCUT2D eigenvalue weighted by Gasteiger charge is -2.35. The molecule has 1 heterocycles. The minimum Gasteiger partial charge on any atom is -0.369 e. The third kappa shape index (κ3) is 6.33. The topological polar surface area (TPSA) is 64.7 Å². The molecule has 2 amide bonds.